The van der Waals surface area contributed by atoms with E-state index in [0.29, 0.717) is 39.0 Å². The molecule has 0 aromatic heterocycles. The van der Waals surface area contributed by atoms with Gasteiger partial charge in [0.05, 0.1) is 13.2 Å². The highest BCUT2D eigenvalue weighted by Gasteiger charge is 2.24. The standard InChI is InChI=1S/C22H33N3O3/c1-19-5-2-3-6-20(19)7-4-8-21(26)24-11-13-25(14-12-24)22(27)9-10-23-15-17-28-18-16-23/h2-3,5-6H,4,7-18H2,1H3. The van der Waals surface area contributed by atoms with Crippen LogP contribution < -0.4 is 0 Å². The molecule has 3 rings (SSSR count). The monoisotopic (exact) mass is 387 g/mol. The zero-order chi connectivity index (χ0) is 19.8. The van der Waals surface area contributed by atoms with Crippen LogP contribution in [0.5, 0.6) is 0 Å². The highest BCUT2D eigenvalue weighted by Crippen LogP contribution is 2.13. The van der Waals surface area contributed by atoms with Crippen molar-refractivity contribution in [3.05, 3.63) is 35.4 Å². The van der Waals surface area contributed by atoms with Gasteiger partial charge in [-0.1, -0.05) is 24.3 Å². The summed E-state index contributed by atoms with van der Waals surface area (Å²) in [5.74, 6) is 0.423. The Balaban J connectivity index is 1.33. The van der Waals surface area contributed by atoms with Gasteiger partial charge >= 0.3 is 0 Å². The molecule has 0 spiro atoms. The molecule has 0 atom stereocenters. The molecule has 2 heterocycles. The highest BCUT2D eigenvalue weighted by molar-refractivity contribution is 5.78. The van der Waals surface area contributed by atoms with Crippen molar-refractivity contribution < 1.29 is 14.3 Å². The molecular weight excluding hydrogens is 354 g/mol. The molecule has 2 saturated heterocycles. The van der Waals surface area contributed by atoms with Crippen LogP contribution in [0.4, 0.5) is 0 Å². The molecule has 0 unspecified atom stereocenters. The summed E-state index contributed by atoms with van der Waals surface area (Å²) in [4.78, 5) is 31.1. The second kappa shape index (κ2) is 10.6. The first-order valence-electron chi connectivity index (χ1n) is 10.5. The lowest BCUT2D eigenvalue weighted by atomic mass is 10.0. The Morgan fingerprint density at radius 3 is 2.14 bits per heavy atom. The number of carbonyl (C=O) groups is 2. The van der Waals surface area contributed by atoms with Gasteiger partial charge in [-0.3, -0.25) is 14.5 Å². The van der Waals surface area contributed by atoms with Crippen molar-refractivity contribution in [2.24, 2.45) is 0 Å². The molecule has 2 amide bonds. The number of ether oxygens (including phenoxy) is 1. The van der Waals surface area contributed by atoms with Crippen LogP contribution in [-0.2, 0) is 20.7 Å². The first kappa shape index (κ1) is 20.8. The number of nitrogens with zero attached hydrogens (tertiary/aromatic N) is 3. The summed E-state index contributed by atoms with van der Waals surface area (Å²) in [7, 11) is 0. The van der Waals surface area contributed by atoms with Gasteiger partial charge in [0.2, 0.25) is 11.8 Å². The molecule has 28 heavy (non-hydrogen) atoms. The summed E-state index contributed by atoms with van der Waals surface area (Å²) in [6.45, 7) is 8.91. The maximum Gasteiger partial charge on any atom is 0.223 e. The van der Waals surface area contributed by atoms with E-state index in [1.807, 2.05) is 15.9 Å². The van der Waals surface area contributed by atoms with Gasteiger partial charge in [0, 0.05) is 58.7 Å². The second-order valence-corrected chi connectivity index (χ2v) is 7.75. The number of benzene rings is 1. The molecule has 0 radical (unpaired) electrons. The highest BCUT2D eigenvalue weighted by atomic mass is 16.5. The average molecular weight is 388 g/mol. The average Bonchev–Trinajstić information content (AvgIpc) is 2.74. The van der Waals surface area contributed by atoms with Crippen LogP contribution in [0, 0.1) is 6.92 Å². The summed E-state index contributed by atoms with van der Waals surface area (Å²) >= 11 is 0. The minimum atomic E-state index is 0.207. The summed E-state index contributed by atoms with van der Waals surface area (Å²) in [5.41, 5.74) is 2.62. The molecule has 0 bridgehead atoms. The fourth-order valence-electron chi connectivity index (χ4n) is 3.92. The number of morpholine rings is 1. The number of hydrogen-bond donors (Lipinski definition) is 0. The summed E-state index contributed by atoms with van der Waals surface area (Å²) in [5, 5.41) is 0. The Labute approximate surface area is 168 Å². The molecule has 2 fully saturated rings. The lowest BCUT2D eigenvalue weighted by Gasteiger charge is -2.35. The number of rotatable bonds is 7. The van der Waals surface area contributed by atoms with Crippen molar-refractivity contribution in [3.63, 3.8) is 0 Å². The van der Waals surface area contributed by atoms with E-state index in [2.05, 4.69) is 30.0 Å². The molecule has 6 nitrogen and oxygen atoms in total. The van der Waals surface area contributed by atoms with Crippen LogP contribution in [-0.4, -0.2) is 85.5 Å². The number of aryl methyl sites for hydroxylation is 2. The van der Waals surface area contributed by atoms with Crippen LogP contribution in [0.2, 0.25) is 0 Å². The zero-order valence-electron chi connectivity index (χ0n) is 17.1. The molecule has 0 saturated carbocycles. The van der Waals surface area contributed by atoms with Gasteiger partial charge in [0.25, 0.3) is 0 Å². The van der Waals surface area contributed by atoms with E-state index in [1.165, 1.54) is 11.1 Å². The van der Waals surface area contributed by atoms with Gasteiger partial charge in [-0.15, -0.1) is 0 Å². The van der Waals surface area contributed by atoms with Crippen LogP contribution in [0.3, 0.4) is 0 Å². The molecule has 2 aliphatic rings. The Bertz CT molecular complexity index is 650. The first-order valence-corrected chi connectivity index (χ1v) is 10.5. The Morgan fingerprint density at radius 1 is 0.893 bits per heavy atom. The fourth-order valence-corrected chi connectivity index (χ4v) is 3.92. The van der Waals surface area contributed by atoms with E-state index in [0.717, 1.165) is 45.7 Å². The Morgan fingerprint density at radius 2 is 1.50 bits per heavy atom. The predicted molar refractivity (Wildman–Crippen MR) is 109 cm³/mol. The first-order chi connectivity index (χ1) is 13.6. The SMILES string of the molecule is Cc1ccccc1CCCC(=O)N1CCN(C(=O)CCN2CCOCC2)CC1. The lowest BCUT2D eigenvalue weighted by molar-refractivity contribution is -0.139. The number of piperazine rings is 1. The molecule has 1 aromatic rings. The minimum absolute atomic E-state index is 0.207. The van der Waals surface area contributed by atoms with E-state index in [4.69, 9.17) is 4.74 Å². The largest absolute Gasteiger partial charge is 0.379 e. The molecule has 0 N–H and O–H groups in total. The van der Waals surface area contributed by atoms with Gasteiger partial charge in [-0.05, 0) is 30.9 Å². The molecule has 154 valence electrons. The summed E-state index contributed by atoms with van der Waals surface area (Å²) < 4.78 is 5.34. The number of amides is 2. The Hall–Kier alpha value is -1.92. The molecule has 2 aliphatic heterocycles. The van der Waals surface area contributed by atoms with Crippen LogP contribution in [0.25, 0.3) is 0 Å². The summed E-state index contributed by atoms with van der Waals surface area (Å²) in [6, 6.07) is 8.36. The molecule has 6 heteroatoms. The van der Waals surface area contributed by atoms with Crippen molar-refractivity contribution in [1.82, 2.24) is 14.7 Å². The predicted octanol–water partition coefficient (Wildman–Crippen LogP) is 1.71. The van der Waals surface area contributed by atoms with Crippen LogP contribution >= 0.6 is 0 Å². The third kappa shape index (κ3) is 6.04. The molecule has 1 aromatic carbocycles. The van der Waals surface area contributed by atoms with Gasteiger partial charge in [0.1, 0.15) is 0 Å². The smallest absolute Gasteiger partial charge is 0.223 e. The number of carbonyl (C=O) groups excluding carboxylic acids is 2. The molecular formula is C22H33N3O3. The zero-order valence-corrected chi connectivity index (χ0v) is 17.1. The van der Waals surface area contributed by atoms with Crippen molar-refractivity contribution >= 4 is 11.8 Å². The third-order valence-corrected chi connectivity index (χ3v) is 5.83. The fraction of sp³-hybridized carbons (Fsp3) is 0.636. The summed E-state index contributed by atoms with van der Waals surface area (Å²) in [6.07, 6.45) is 2.96. The quantitative estimate of drug-likeness (QED) is 0.715. The topological polar surface area (TPSA) is 53.1 Å². The van der Waals surface area contributed by atoms with Crippen molar-refractivity contribution in [2.45, 2.75) is 32.6 Å². The van der Waals surface area contributed by atoms with Gasteiger partial charge < -0.3 is 14.5 Å². The maximum absolute atomic E-state index is 12.5. The van der Waals surface area contributed by atoms with Crippen molar-refractivity contribution in [1.29, 1.82) is 0 Å². The van der Waals surface area contributed by atoms with E-state index in [-0.39, 0.29) is 11.8 Å². The van der Waals surface area contributed by atoms with E-state index >= 15 is 0 Å². The normalized spacial score (nSPS) is 18.3. The van der Waals surface area contributed by atoms with E-state index in [1.54, 1.807) is 0 Å². The Kier molecular flexibility index (Phi) is 7.86. The lowest BCUT2D eigenvalue weighted by Crippen LogP contribution is -2.51. The third-order valence-electron chi connectivity index (χ3n) is 5.83. The molecule has 0 aliphatic carbocycles. The van der Waals surface area contributed by atoms with Crippen LogP contribution in [0.1, 0.15) is 30.4 Å². The second-order valence-electron chi connectivity index (χ2n) is 7.75. The van der Waals surface area contributed by atoms with Crippen molar-refractivity contribution in [3.8, 4) is 0 Å². The van der Waals surface area contributed by atoms with Crippen molar-refractivity contribution in [2.75, 3.05) is 59.0 Å². The maximum atomic E-state index is 12.5. The van der Waals surface area contributed by atoms with E-state index in [9.17, 15) is 9.59 Å². The van der Waals surface area contributed by atoms with E-state index < -0.39 is 0 Å². The van der Waals surface area contributed by atoms with Crippen LogP contribution in [0.15, 0.2) is 24.3 Å². The number of hydrogen-bond acceptors (Lipinski definition) is 4. The van der Waals surface area contributed by atoms with Gasteiger partial charge in [-0.25, -0.2) is 0 Å². The van der Waals surface area contributed by atoms with Gasteiger partial charge in [-0.2, -0.15) is 0 Å². The minimum Gasteiger partial charge on any atom is -0.379 e. The van der Waals surface area contributed by atoms with Gasteiger partial charge in [0.15, 0.2) is 0 Å².